The van der Waals surface area contributed by atoms with Gasteiger partial charge in [-0.25, -0.2) is 4.79 Å². The molecule has 10 heteroatoms. The summed E-state index contributed by atoms with van der Waals surface area (Å²) in [5.41, 5.74) is 4.80. The number of nitrogens with zero attached hydrogens (tertiary/aromatic N) is 3. The molecule has 1 aliphatic rings. The van der Waals surface area contributed by atoms with Crippen LogP contribution in [-0.4, -0.2) is 39.5 Å². The number of hydrogen-bond acceptors (Lipinski definition) is 8. The molecular formula is C28H28N4O3S3. The number of anilines is 1. The molecule has 1 amide bonds. The molecule has 0 fully saturated rings. The maximum Gasteiger partial charge on any atom is 0.341 e. The Hall–Kier alpha value is -3.21. The van der Waals surface area contributed by atoms with Crippen molar-refractivity contribution >= 4 is 51.3 Å². The number of thiophene rings is 2. The fraction of sp³-hybridized carbons (Fsp3) is 0.286. The van der Waals surface area contributed by atoms with Gasteiger partial charge in [0.15, 0.2) is 11.0 Å². The average Bonchev–Trinajstić information content (AvgIpc) is 3.62. The number of amides is 1. The second kappa shape index (κ2) is 11.7. The van der Waals surface area contributed by atoms with Crippen LogP contribution in [0.4, 0.5) is 5.00 Å². The van der Waals surface area contributed by atoms with Crippen LogP contribution in [0.1, 0.15) is 38.5 Å². The second-order valence-corrected chi connectivity index (χ2v) is 12.0. The maximum absolute atomic E-state index is 13.0. The van der Waals surface area contributed by atoms with Crippen LogP contribution in [-0.2, 0) is 28.9 Å². The first-order valence-corrected chi connectivity index (χ1v) is 15.0. The molecule has 38 heavy (non-hydrogen) atoms. The predicted molar refractivity (Wildman–Crippen MR) is 155 cm³/mol. The summed E-state index contributed by atoms with van der Waals surface area (Å²) in [7, 11) is 1.37. The van der Waals surface area contributed by atoms with Crippen molar-refractivity contribution in [2.75, 3.05) is 18.2 Å². The smallest absolute Gasteiger partial charge is 0.341 e. The summed E-state index contributed by atoms with van der Waals surface area (Å²) in [4.78, 5) is 27.9. The van der Waals surface area contributed by atoms with E-state index in [1.165, 1.54) is 35.1 Å². The highest BCUT2D eigenvalue weighted by Crippen LogP contribution is 2.40. The van der Waals surface area contributed by atoms with E-state index in [1.807, 2.05) is 22.8 Å². The summed E-state index contributed by atoms with van der Waals surface area (Å²) in [6, 6.07) is 10.3. The van der Waals surface area contributed by atoms with Gasteiger partial charge in [-0.2, -0.15) is 0 Å². The lowest BCUT2D eigenvalue weighted by Gasteiger charge is -2.12. The Balaban J connectivity index is 1.37. The summed E-state index contributed by atoms with van der Waals surface area (Å²) in [6.07, 6.45) is 5.69. The summed E-state index contributed by atoms with van der Waals surface area (Å²) in [6.45, 7) is 6.53. The minimum atomic E-state index is -0.400. The molecule has 1 aromatic carbocycles. The average molecular weight is 565 g/mol. The van der Waals surface area contributed by atoms with Crippen molar-refractivity contribution in [2.24, 2.45) is 0 Å². The van der Waals surface area contributed by atoms with Crippen molar-refractivity contribution in [3.05, 3.63) is 69.2 Å². The molecule has 0 unspecified atom stereocenters. The first kappa shape index (κ1) is 26.4. The molecule has 0 spiro atoms. The molecule has 0 atom stereocenters. The number of carbonyl (C=O) groups is 2. The lowest BCUT2D eigenvalue weighted by molar-refractivity contribution is -0.113. The topological polar surface area (TPSA) is 86.1 Å². The maximum atomic E-state index is 13.0. The molecule has 0 saturated carbocycles. The molecular weight excluding hydrogens is 537 g/mol. The van der Waals surface area contributed by atoms with E-state index < -0.39 is 5.97 Å². The standard InChI is InChI=1S/C28H28N4O3S3/c1-4-14-32-25(20-15-36-17(2)23(20)18-10-6-5-7-11-18)30-31-28(32)37-16-22(33)29-26-24(27(34)35-3)19-12-8-9-13-21(19)38-26/h4-7,10-11,15H,1,8-9,12-14,16H2,2-3H3,(H,29,33). The van der Waals surface area contributed by atoms with Gasteiger partial charge in [-0.1, -0.05) is 48.2 Å². The summed E-state index contributed by atoms with van der Waals surface area (Å²) in [5, 5.41) is 15.2. The van der Waals surface area contributed by atoms with Gasteiger partial charge in [0.25, 0.3) is 0 Å². The number of methoxy groups -OCH3 is 1. The van der Waals surface area contributed by atoms with E-state index in [4.69, 9.17) is 4.74 Å². The normalized spacial score (nSPS) is 12.7. The van der Waals surface area contributed by atoms with Gasteiger partial charge in [-0.05, 0) is 43.7 Å². The van der Waals surface area contributed by atoms with Gasteiger partial charge in [0.05, 0.1) is 18.4 Å². The molecule has 7 nitrogen and oxygen atoms in total. The van der Waals surface area contributed by atoms with Crippen molar-refractivity contribution in [3.63, 3.8) is 0 Å². The number of nitrogens with one attached hydrogen (secondary N) is 1. The molecule has 3 aromatic heterocycles. The number of allylic oxidation sites excluding steroid dienone is 1. The third-order valence-electron chi connectivity index (χ3n) is 6.45. The molecule has 5 rings (SSSR count). The molecule has 196 valence electrons. The highest BCUT2D eigenvalue weighted by atomic mass is 32.2. The van der Waals surface area contributed by atoms with Crippen LogP contribution in [0.15, 0.2) is 53.5 Å². The minimum Gasteiger partial charge on any atom is -0.465 e. The number of carbonyl (C=O) groups excluding carboxylic acids is 2. The molecule has 1 aliphatic carbocycles. The number of esters is 1. The summed E-state index contributed by atoms with van der Waals surface area (Å²) >= 11 is 4.48. The molecule has 4 aromatic rings. The van der Waals surface area contributed by atoms with Crippen LogP contribution in [0, 0.1) is 6.92 Å². The third-order valence-corrected chi connectivity index (χ3v) is 9.54. The Morgan fingerprint density at radius 3 is 2.76 bits per heavy atom. The molecule has 3 heterocycles. The number of rotatable bonds is 9. The van der Waals surface area contributed by atoms with E-state index in [9.17, 15) is 9.59 Å². The largest absolute Gasteiger partial charge is 0.465 e. The monoisotopic (exact) mass is 564 g/mol. The van der Waals surface area contributed by atoms with Crippen LogP contribution in [0.3, 0.4) is 0 Å². The molecule has 0 bridgehead atoms. The number of benzene rings is 1. The van der Waals surface area contributed by atoms with E-state index in [-0.39, 0.29) is 11.7 Å². The quantitative estimate of drug-likeness (QED) is 0.140. The zero-order valence-corrected chi connectivity index (χ0v) is 23.7. The first-order chi connectivity index (χ1) is 18.5. The van der Waals surface area contributed by atoms with Crippen molar-refractivity contribution in [1.29, 1.82) is 0 Å². The third kappa shape index (κ3) is 5.21. The SMILES string of the molecule is C=CCn1c(SCC(=O)Nc2sc3c(c2C(=O)OC)CCCC3)nnc1-c1csc(C)c1-c1ccccc1. The van der Waals surface area contributed by atoms with Crippen LogP contribution in [0.5, 0.6) is 0 Å². The summed E-state index contributed by atoms with van der Waals surface area (Å²) in [5.74, 6) is 0.273. The van der Waals surface area contributed by atoms with Gasteiger partial charge in [0.1, 0.15) is 5.00 Å². The van der Waals surface area contributed by atoms with Gasteiger partial charge in [0, 0.05) is 32.8 Å². The number of hydrogen-bond donors (Lipinski definition) is 1. The summed E-state index contributed by atoms with van der Waals surface area (Å²) < 4.78 is 7.01. The fourth-order valence-electron chi connectivity index (χ4n) is 4.74. The number of thioether (sulfide) groups is 1. The van der Waals surface area contributed by atoms with Crippen molar-refractivity contribution in [1.82, 2.24) is 14.8 Å². The van der Waals surface area contributed by atoms with Gasteiger partial charge < -0.3 is 10.1 Å². The van der Waals surface area contributed by atoms with Gasteiger partial charge in [-0.3, -0.25) is 9.36 Å². The van der Waals surface area contributed by atoms with Crippen LogP contribution < -0.4 is 5.32 Å². The van der Waals surface area contributed by atoms with E-state index in [0.29, 0.717) is 22.3 Å². The van der Waals surface area contributed by atoms with Crippen molar-refractivity contribution < 1.29 is 14.3 Å². The Morgan fingerprint density at radius 2 is 2.00 bits per heavy atom. The minimum absolute atomic E-state index is 0.132. The Bertz CT molecular complexity index is 1490. The highest BCUT2D eigenvalue weighted by molar-refractivity contribution is 7.99. The van der Waals surface area contributed by atoms with Gasteiger partial charge >= 0.3 is 5.97 Å². The van der Waals surface area contributed by atoms with Crippen LogP contribution in [0.25, 0.3) is 22.5 Å². The Labute approximate surface area is 234 Å². The number of ether oxygens (including phenoxy) is 1. The van der Waals surface area contributed by atoms with E-state index in [1.54, 1.807) is 17.4 Å². The highest BCUT2D eigenvalue weighted by Gasteiger charge is 2.27. The van der Waals surface area contributed by atoms with Crippen molar-refractivity contribution in [3.8, 4) is 22.5 Å². The number of aromatic nitrogens is 3. The van der Waals surface area contributed by atoms with Crippen LogP contribution in [0.2, 0.25) is 0 Å². The van der Waals surface area contributed by atoms with E-state index >= 15 is 0 Å². The number of fused-ring (bicyclic) bond motifs is 1. The number of aryl methyl sites for hydroxylation is 2. The second-order valence-electron chi connectivity index (χ2n) is 8.90. The predicted octanol–water partition coefficient (Wildman–Crippen LogP) is 6.63. The van der Waals surface area contributed by atoms with Crippen LogP contribution >= 0.6 is 34.4 Å². The zero-order valence-electron chi connectivity index (χ0n) is 21.3. The van der Waals surface area contributed by atoms with Gasteiger partial charge in [0.2, 0.25) is 5.91 Å². The van der Waals surface area contributed by atoms with Gasteiger partial charge in [-0.15, -0.1) is 39.4 Å². The molecule has 0 saturated heterocycles. The lowest BCUT2D eigenvalue weighted by atomic mass is 9.95. The molecule has 0 aliphatic heterocycles. The zero-order chi connectivity index (χ0) is 26.6. The molecule has 1 N–H and O–H groups in total. The Kier molecular flexibility index (Phi) is 8.11. The van der Waals surface area contributed by atoms with Crippen molar-refractivity contribution in [2.45, 2.75) is 44.3 Å². The Morgan fingerprint density at radius 1 is 1.21 bits per heavy atom. The lowest BCUT2D eigenvalue weighted by Crippen LogP contribution is -2.17. The first-order valence-electron chi connectivity index (χ1n) is 12.3. The van der Waals surface area contributed by atoms with E-state index in [2.05, 4.69) is 46.5 Å². The fourth-order valence-corrected chi connectivity index (χ4v) is 7.64. The van der Waals surface area contributed by atoms with E-state index in [0.717, 1.165) is 58.6 Å². The molecule has 0 radical (unpaired) electrons.